The summed E-state index contributed by atoms with van der Waals surface area (Å²) < 4.78 is 0. The number of halogens is 1. The molecule has 33 heavy (non-hydrogen) atoms. The van der Waals surface area contributed by atoms with Gasteiger partial charge in [-0.05, 0) is 49.4 Å². The molecule has 0 N–H and O–H groups in total. The van der Waals surface area contributed by atoms with Crippen LogP contribution in [0, 0.1) is 0 Å². The second kappa shape index (κ2) is 17.4. The molecule has 2 aromatic carbocycles. The van der Waals surface area contributed by atoms with Crippen molar-refractivity contribution in [2.45, 2.75) is 52.3 Å². The van der Waals surface area contributed by atoms with E-state index in [1.165, 1.54) is 20.8 Å². The first-order chi connectivity index (χ1) is 15.6. The Hall–Kier alpha value is -3.11. The first-order valence-corrected chi connectivity index (χ1v) is 11.1. The zero-order valence-corrected chi connectivity index (χ0v) is 20.5. The predicted octanol–water partition coefficient (Wildman–Crippen LogP) is 6.43. The van der Waals surface area contributed by atoms with E-state index in [0.717, 1.165) is 22.3 Å². The Morgan fingerprint density at radius 2 is 1.09 bits per heavy atom. The molecule has 0 aliphatic rings. The second-order valence-electron chi connectivity index (χ2n) is 7.52. The Kier molecular flexibility index (Phi) is 15.8. The van der Waals surface area contributed by atoms with Gasteiger partial charge in [-0.1, -0.05) is 73.8 Å². The smallest absolute Gasteiger partial charge is 0.140 e. The van der Waals surface area contributed by atoms with Gasteiger partial charge in [0.05, 0.1) is 12.8 Å². The quantitative estimate of drug-likeness (QED) is 0.297. The number of hydrogen-bond acceptors (Lipinski definition) is 4. The van der Waals surface area contributed by atoms with Gasteiger partial charge < -0.3 is 0 Å². The van der Waals surface area contributed by atoms with Gasteiger partial charge in [0.15, 0.2) is 0 Å². The molecule has 4 nitrogen and oxygen atoms in total. The largest absolute Gasteiger partial charge is 0.300 e. The van der Waals surface area contributed by atoms with Gasteiger partial charge in [0, 0.05) is 12.3 Å². The van der Waals surface area contributed by atoms with Crippen LogP contribution in [0.5, 0.6) is 0 Å². The average Bonchev–Trinajstić information content (AvgIpc) is 2.77. The SMILES string of the molecule is C=Cc1ccc(CCC(=O)CC(C)=O)cc1.C=Cc1ccc(CCl)cc1.CC(=O)CC(C)=O. The minimum Gasteiger partial charge on any atom is -0.300 e. The lowest BCUT2D eigenvalue weighted by molar-refractivity contribution is -0.127. The highest BCUT2D eigenvalue weighted by Gasteiger charge is 2.05. The Balaban J connectivity index is 0.000000514. The highest BCUT2D eigenvalue weighted by Crippen LogP contribution is 2.09. The molecule has 0 spiro atoms. The van der Waals surface area contributed by atoms with Crippen LogP contribution in [0.25, 0.3) is 12.2 Å². The summed E-state index contributed by atoms with van der Waals surface area (Å²) in [5.74, 6) is 0.407. The topological polar surface area (TPSA) is 68.3 Å². The van der Waals surface area contributed by atoms with Gasteiger partial charge in [0.2, 0.25) is 0 Å². The van der Waals surface area contributed by atoms with Gasteiger partial charge in [0.25, 0.3) is 0 Å². The van der Waals surface area contributed by atoms with Crippen molar-refractivity contribution in [2.75, 3.05) is 0 Å². The lowest BCUT2D eigenvalue weighted by Gasteiger charge is -2.01. The standard InChI is InChI=1S/C14H16O2.C9H9Cl.C5H8O2/c1-3-12-4-6-13(7-5-12)8-9-14(16)10-11(2)15;1-2-8-3-5-9(7-10)6-4-8;1-4(6)3-5(2)7/h3-7H,1,8-10H2,2H3;2-6H,1,7H2;3H2,1-2H3. The Morgan fingerprint density at radius 3 is 1.39 bits per heavy atom. The third-order valence-electron chi connectivity index (χ3n) is 4.22. The Labute approximate surface area is 202 Å². The van der Waals surface area contributed by atoms with Crippen molar-refractivity contribution >= 4 is 46.9 Å². The maximum Gasteiger partial charge on any atom is 0.140 e. The fraction of sp³-hybridized carbons (Fsp3) is 0.286. The van der Waals surface area contributed by atoms with Crippen molar-refractivity contribution in [3.05, 3.63) is 83.9 Å². The van der Waals surface area contributed by atoms with E-state index >= 15 is 0 Å². The van der Waals surface area contributed by atoms with Gasteiger partial charge in [-0.15, -0.1) is 11.6 Å². The van der Waals surface area contributed by atoms with E-state index in [2.05, 4.69) is 13.2 Å². The normalized spacial score (nSPS) is 9.33. The van der Waals surface area contributed by atoms with Crippen molar-refractivity contribution in [3.8, 4) is 0 Å². The summed E-state index contributed by atoms with van der Waals surface area (Å²) in [6.45, 7) is 11.6. The number of aryl methyl sites for hydroxylation is 1. The average molecular weight is 469 g/mol. The van der Waals surface area contributed by atoms with Crippen molar-refractivity contribution < 1.29 is 19.2 Å². The fourth-order valence-corrected chi connectivity index (χ4v) is 2.74. The van der Waals surface area contributed by atoms with Crippen LogP contribution in [-0.4, -0.2) is 23.1 Å². The minimum atomic E-state index is -0.0630. The summed E-state index contributed by atoms with van der Waals surface area (Å²) in [5, 5.41) is 0. The molecule has 0 aromatic heterocycles. The first-order valence-electron chi connectivity index (χ1n) is 10.6. The number of rotatable bonds is 10. The van der Waals surface area contributed by atoms with E-state index in [1.807, 2.05) is 54.6 Å². The Bertz CT molecular complexity index is 913. The van der Waals surface area contributed by atoms with Gasteiger partial charge in [-0.2, -0.15) is 0 Å². The Morgan fingerprint density at radius 1 is 0.697 bits per heavy atom. The fourth-order valence-electron chi connectivity index (χ4n) is 2.56. The summed E-state index contributed by atoms with van der Waals surface area (Å²) in [6, 6.07) is 15.9. The van der Waals surface area contributed by atoms with Crippen LogP contribution in [-0.2, 0) is 31.5 Å². The van der Waals surface area contributed by atoms with Crippen molar-refractivity contribution in [2.24, 2.45) is 0 Å². The zero-order valence-electron chi connectivity index (χ0n) is 19.7. The van der Waals surface area contributed by atoms with E-state index in [-0.39, 0.29) is 36.0 Å². The maximum atomic E-state index is 11.3. The van der Waals surface area contributed by atoms with E-state index in [0.29, 0.717) is 18.7 Å². The molecule has 0 saturated heterocycles. The molecule has 0 amide bonds. The summed E-state index contributed by atoms with van der Waals surface area (Å²) >= 11 is 5.60. The monoisotopic (exact) mass is 468 g/mol. The molecule has 5 heteroatoms. The van der Waals surface area contributed by atoms with Crippen LogP contribution in [0.1, 0.15) is 62.3 Å². The molecule has 176 valence electrons. The number of hydrogen-bond donors (Lipinski definition) is 0. The van der Waals surface area contributed by atoms with Crippen molar-refractivity contribution in [3.63, 3.8) is 0 Å². The molecule has 0 bridgehead atoms. The van der Waals surface area contributed by atoms with Gasteiger partial charge in [-0.25, -0.2) is 0 Å². The summed E-state index contributed by atoms with van der Waals surface area (Å²) in [5.41, 5.74) is 4.46. The summed E-state index contributed by atoms with van der Waals surface area (Å²) in [7, 11) is 0. The number of benzene rings is 2. The summed E-state index contributed by atoms with van der Waals surface area (Å²) in [4.78, 5) is 42.1. The van der Waals surface area contributed by atoms with Crippen LogP contribution in [0.3, 0.4) is 0 Å². The van der Waals surface area contributed by atoms with Crippen LogP contribution in [0.2, 0.25) is 0 Å². The molecule has 0 radical (unpaired) electrons. The van der Waals surface area contributed by atoms with Gasteiger partial charge in [-0.3, -0.25) is 19.2 Å². The highest BCUT2D eigenvalue weighted by molar-refractivity contribution is 6.17. The number of Topliss-reactive ketones (excluding diaryl/α,β-unsaturated/α-hetero) is 4. The van der Waals surface area contributed by atoms with Crippen molar-refractivity contribution in [1.82, 2.24) is 0 Å². The molecule has 2 rings (SSSR count). The molecule has 0 saturated carbocycles. The third kappa shape index (κ3) is 16.2. The number of carbonyl (C=O) groups excluding carboxylic acids is 4. The van der Waals surface area contributed by atoms with Crippen LogP contribution in [0.4, 0.5) is 0 Å². The van der Waals surface area contributed by atoms with E-state index < -0.39 is 0 Å². The molecular weight excluding hydrogens is 436 g/mol. The maximum absolute atomic E-state index is 11.3. The molecule has 0 atom stereocenters. The van der Waals surface area contributed by atoms with Gasteiger partial charge >= 0.3 is 0 Å². The molecule has 0 aliphatic heterocycles. The van der Waals surface area contributed by atoms with E-state index in [4.69, 9.17) is 11.6 Å². The predicted molar refractivity (Wildman–Crippen MR) is 137 cm³/mol. The molecule has 0 fully saturated rings. The number of ketones is 4. The van der Waals surface area contributed by atoms with E-state index in [1.54, 1.807) is 6.08 Å². The highest BCUT2D eigenvalue weighted by atomic mass is 35.5. The molecular formula is C28H33ClO4. The molecule has 0 heterocycles. The van der Waals surface area contributed by atoms with Crippen molar-refractivity contribution in [1.29, 1.82) is 0 Å². The lowest BCUT2D eigenvalue weighted by atomic mass is 10.0. The van der Waals surface area contributed by atoms with Crippen LogP contribution in [0.15, 0.2) is 61.7 Å². The molecule has 2 aromatic rings. The second-order valence-corrected chi connectivity index (χ2v) is 7.79. The minimum absolute atomic E-state index is 0.0142. The number of carbonyl (C=O) groups is 4. The van der Waals surface area contributed by atoms with E-state index in [9.17, 15) is 19.2 Å². The summed E-state index contributed by atoms with van der Waals surface area (Å²) in [6.07, 6.45) is 4.88. The van der Waals surface area contributed by atoms with Crippen LogP contribution < -0.4 is 0 Å². The molecule has 0 aliphatic carbocycles. The zero-order chi connectivity index (χ0) is 25.2. The number of alkyl halides is 1. The van der Waals surface area contributed by atoms with Gasteiger partial charge in [0.1, 0.15) is 23.1 Å². The first kappa shape index (κ1) is 29.9. The lowest BCUT2D eigenvalue weighted by Crippen LogP contribution is -2.05. The molecule has 0 unspecified atom stereocenters. The van der Waals surface area contributed by atoms with Crippen LogP contribution >= 0.6 is 11.6 Å². The third-order valence-corrected chi connectivity index (χ3v) is 4.53.